The Morgan fingerprint density at radius 3 is 2.09 bits per heavy atom. The van der Waals surface area contributed by atoms with Crippen LogP contribution in [0.25, 0.3) is 0 Å². The van der Waals surface area contributed by atoms with Crippen molar-refractivity contribution in [3.63, 3.8) is 0 Å². The maximum Gasteiger partial charge on any atom is 0.0541 e. The van der Waals surface area contributed by atoms with E-state index in [2.05, 4.69) is 6.58 Å². The van der Waals surface area contributed by atoms with Crippen LogP contribution in [0.4, 0.5) is 0 Å². The van der Waals surface area contributed by atoms with Gasteiger partial charge in [0.1, 0.15) is 0 Å². The van der Waals surface area contributed by atoms with Crippen LogP contribution >= 0.6 is 0 Å². The van der Waals surface area contributed by atoms with Gasteiger partial charge in [-0.05, 0) is 6.92 Å². The van der Waals surface area contributed by atoms with Crippen LogP contribution in [0.1, 0.15) is 13.8 Å². The number of allylic oxidation sites excluding steroid dienone is 3. The first kappa shape index (κ1) is 17.4. The van der Waals surface area contributed by atoms with Crippen molar-refractivity contribution in [3.05, 3.63) is 24.8 Å². The number of hydrogen-bond donors (Lipinski definition) is 0. The monoisotopic (exact) mass is 232 g/mol. The van der Waals surface area contributed by atoms with E-state index in [0.29, 0.717) is 0 Å². The average Bonchev–Trinajstić information content (AvgIpc) is 1.93. The van der Waals surface area contributed by atoms with Crippen molar-refractivity contribution in [1.82, 2.24) is 0 Å². The molecular formula is C7H13B3Ru. The third-order valence-corrected chi connectivity index (χ3v) is 0.700. The summed E-state index contributed by atoms with van der Waals surface area (Å²) in [4.78, 5) is 0. The maximum absolute atomic E-state index is 4.96. The molecule has 0 atom stereocenters. The van der Waals surface area contributed by atoms with Gasteiger partial charge in [-0.25, -0.2) is 0 Å². The second kappa shape index (κ2) is 22.4. The van der Waals surface area contributed by atoms with E-state index < -0.39 is 0 Å². The van der Waals surface area contributed by atoms with Crippen molar-refractivity contribution < 1.29 is 19.5 Å². The molecule has 0 bridgehead atoms. The summed E-state index contributed by atoms with van der Waals surface area (Å²) in [6, 6.07) is 0. The standard InChI is InChI=1S/C5H8.C2H5B3.Ru/c1-3-5-4-2;1-2-4-5-3;/h3-5H,1H2,2H3;2H2,1H3;. The van der Waals surface area contributed by atoms with Gasteiger partial charge in [0.25, 0.3) is 0 Å². The Bertz CT molecular complexity index is 81.8. The number of rotatable bonds is 3. The first-order valence-electron chi connectivity index (χ1n) is 3.43. The van der Waals surface area contributed by atoms with Crippen LogP contribution in [0.5, 0.6) is 0 Å². The van der Waals surface area contributed by atoms with Crippen LogP contribution < -0.4 is 0 Å². The zero-order chi connectivity index (χ0) is 8.24. The summed E-state index contributed by atoms with van der Waals surface area (Å²) in [5.41, 5.74) is 0. The summed E-state index contributed by atoms with van der Waals surface area (Å²) < 4.78 is 0. The van der Waals surface area contributed by atoms with E-state index in [9.17, 15) is 0 Å². The van der Waals surface area contributed by atoms with Crippen molar-refractivity contribution >= 4 is 22.0 Å². The fourth-order valence-electron chi connectivity index (χ4n) is 0.272. The van der Waals surface area contributed by atoms with E-state index in [1.807, 2.05) is 33.2 Å². The van der Waals surface area contributed by atoms with Crippen LogP contribution in [0.2, 0.25) is 6.32 Å². The summed E-state index contributed by atoms with van der Waals surface area (Å²) in [5.74, 6) is 0. The van der Waals surface area contributed by atoms with Crippen molar-refractivity contribution in [3.8, 4) is 0 Å². The molecule has 0 spiro atoms. The van der Waals surface area contributed by atoms with Gasteiger partial charge < -0.3 is 0 Å². The topological polar surface area (TPSA) is 0 Å². The van der Waals surface area contributed by atoms with E-state index >= 15 is 0 Å². The molecule has 0 N–H and O–H groups in total. The molecule has 0 fully saturated rings. The average molecular weight is 231 g/mol. The van der Waals surface area contributed by atoms with Gasteiger partial charge in [-0.1, -0.05) is 38.1 Å². The van der Waals surface area contributed by atoms with E-state index in [0.717, 1.165) is 6.32 Å². The summed E-state index contributed by atoms with van der Waals surface area (Å²) in [7, 11) is 8.42. The molecule has 0 aliphatic carbocycles. The normalized spacial score (nSPS) is 7.09. The van der Waals surface area contributed by atoms with E-state index in [1.54, 1.807) is 13.1 Å². The minimum atomic E-state index is 0. The Morgan fingerprint density at radius 1 is 1.55 bits per heavy atom. The number of hydrogen-bond acceptors (Lipinski definition) is 0. The van der Waals surface area contributed by atoms with Crippen LogP contribution in [-0.4, -0.2) is 22.0 Å². The Morgan fingerprint density at radius 2 is 2.09 bits per heavy atom. The minimum absolute atomic E-state index is 0. The summed E-state index contributed by atoms with van der Waals surface area (Å²) in [6.07, 6.45) is 6.61. The maximum atomic E-state index is 4.96. The Hall–Kier alpha value is 0.298. The molecule has 0 aromatic heterocycles. The molecule has 0 aromatic rings. The van der Waals surface area contributed by atoms with Crippen molar-refractivity contribution in [2.45, 2.75) is 20.2 Å². The second-order valence-electron chi connectivity index (χ2n) is 1.60. The molecule has 11 heavy (non-hydrogen) atoms. The molecule has 0 aliphatic heterocycles. The Balaban J connectivity index is -0.000000107. The molecule has 0 amide bonds. The van der Waals surface area contributed by atoms with Gasteiger partial charge >= 0.3 is 0 Å². The quantitative estimate of drug-likeness (QED) is 0.510. The van der Waals surface area contributed by atoms with Gasteiger partial charge in [-0.3, -0.25) is 0 Å². The van der Waals surface area contributed by atoms with Gasteiger partial charge in [0.15, 0.2) is 0 Å². The molecular weight excluding hydrogens is 218 g/mol. The smallest absolute Gasteiger partial charge is 0.0541 e. The largest absolute Gasteiger partial charge is 0.0991 e. The van der Waals surface area contributed by atoms with Crippen LogP contribution in [0.3, 0.4) is 0 Å². The third-order valence-electron chi connectivity index (χ3n) is 0.700. The molecule has 0 rings (SSSR count). The Kier molecular flexibility index (Phi) is 35.5. The molecule has 0 saturated carbocycles. The minimum Gasteiger partial charge on any atom is -0.0991 e. The fourth-order valence-corrected chi connectivity index (χ4v) is 0.272. The summed E-state index contributed by atoms with van der Waals surface area (Å²) in [6.45, 7) is 7.47. The molecule has 4 radical (unpaired) electrons. The molecule has 0 unspecified atom stereocenters. The van der Waals surface area contributed by atoms with Crippen molar-refractivity contribution in [2.75, 3.05) is 0 Å². The first-order valence-corrected chi connectivity index (χ1v) is 3.43. The van der Waals surface area contributed by atoms with Gasteiger partial charge in [-0.2, -0.15) is 0 Å². The predicted octanol–water partition coefficient (Wildman–Crippen LogP) is 1.58. The van der Waals surface area contributed by atoms with Crippen LogP contribution in [-0.2, 0) is 19.5 Å². The molecule has 0 nitrogen and oxygen atoms in total. The van der Waals surface area contributed by atoms with Gasteiger partial charge in [-0.15, -0.1) is 0 Å². The van der Waals surface area contributed by atoms with Crippen LogP contribution in [0.15, 0.2) is 24.8 Å². The molecule has 0 saturated heterocycles. The van der Waals surface area contributed by atoms with E-state index in [-0.39, 0.29) is 19.5 Å². The fraction of sp³-hybridized carbons (Fsp3) is 0.429. The second-order valence-corrected chi connectivity index (χ2v) is 1.60. The van der Waals surface area contributed by atoms with Gasteiger partial charge in [0.05, 0.1) is 7.17 Å². The Labute approximate surface area is 86.5 Å². The SMILES string of the molecule is C=CC=CC.[B][B][B]CC.[Ru]. The third kappa shape index (κ3) is 38.4. The van der Waals surface area contributed by atoms with E-state index in [1.165, 1.54) is 0 Å². The zero-order valence-corrected chi connectivity index (χ0v) is 8.97. The van der Waals surface area contributed by atoms with Crippen LogP contribution in [0, 0.1) is 0 Å². The summed E-state index contributed by atoms with van der Waals surface area (Å²) in [5, 5.41) is 0. The molecule has 0 aliphatic rings. The molecule has 0 heterocycles. The van der Waals surface area contributed by atoms with Gasteiger partial charge in [0, 0.05) is 34.3 Å². The predicted molar refractivity (Wildman–Crippen MR) is 52.8 cm³/mol. The van der Waals surface area contributed by atoms with Gasteiger partial charge in [0.2, 0.25) is 0 Å². The molecule has 0 aromatic carbocycles. The van der Waals surface area contributed by atoms with Crippen molar-refractivity contribution in [2.24, 2.45) is 0 Å². The van der Waals surface area contributed by atoms with E-state index in [4.69, 9.17) is 7.74 Å². The first-order chi connectivity index (χ1) is 4.83. The molecule has 4 heteroatoms. The van der Waals surface area contributed by atoms with Crippen molar-refractivity contribution in [1.29, 1.82) is 0 Å². The molecule has 58 valence electrons. The zero-order valence-electron chi connectivity index (χ0n) is 7.23. The summed E-state index contributed by atoms with van der Waals surface area (Å²) >= 11 is 0.